The summed E-state index contributed by atoms with van der Waals surface area (Å²) in [7, 11) is 0. The summed E-state index contributed by atoms with van der Waals surface area (Å²) in [6.45, 7) is 10.6. The molecule has 1 aliphatic rings. The van der Waals surface area contributed by atoms with Gasteiger partial charge in [0, 0.05) is 42.1 Å². The largest absolute Gasteiger partial charge is 0.492 e. The molecule has 0 aliphatic carbocycles. The van der Waals surface area contributed by atoms with Crippen LogP contribution in [-0.4, -0.2) is 66.3 Å². The van der Waals surface area contributed by atoms with Crippen LogP contribution in [0.4, 0.5) is 5.82 Å². The van der Waals surface area contributed by atoms with Gasteiger partial charge in [-0.2, -0.15) is 0 Å². The van der Waals surface area contributed by atoms with Gasteiger partial charge in [0.25, 0.3) is 5.91 Å². The first-order chi connectivity index (χ1) is 16.4. The van der Waals surface area contributed by atoms with Crippen LogP contribution in [0.3, 0.4) is 0 Å². The molecule has 0 spiro atoms. The molecule has 0 unspecified atom stereocenters. The van der Waals surface area contributed by atoms with Gasteiger partial charge in [0.05, 0.1) is 13.2 Å². The third kappa shape index (κ3) is 5.37. The zero-order chi connectivity index (χ0) is 24.1. The van der Waals surface area contributed by atoms with E-state index < -0.39 is 5.91 Å². The minimum absolute atomic E-state index is 0.128. The van der Waals surface area contributed by atoms with Gasteiger partial charge in [0.2, 0.25) is 0 Å². The van der Waals surface area contributed by atoms with Crippen molar-refractivity contribution in [1.29, 1.82) is 0 Å². The van der Waals surface area contributed by atoms with Crippen molar-refractivity contribution in [2.24, 2.45) is 5.16 Å². The number of aromatic nitrogens is 1. The molecule has 1 amide bonds. The number of benzene rings is 2. The first kappa shape index (κ1) is 23.7. The SMILES string of the molecule is CC(C)(C)c1cc(NC(=O)/C(=N\O)c2ccc(OCCN3CCOCC3)c3ccccc23)no1. The van der Waals surface area contributed by atoms with E-state index in [2.05, 4.69) is 20.5 Å². The smallest absolute Gasteiger partial charge is 0.279 e. The van der Waals surface area contributed by atoms with Gasteiger partial charge in [-0.25, -0.2) is 0 Å². The Labute approximate surface area is 198 Å². The number of ether oxygens (including phenoxy) is 2. The first-order valence-corrected chi connectivity index (χ1v) is 11.3. The summed E-state index contributed by atoms with van der Waals surface area (Å²) in [5, 5.41) is 21.1. The van der Waals surface area contributed by atoms with Gasteiger partial charge in [-0.1, -0.05) is 55.3 Å². The number of nitrogens with one attached hydrogen (secondary N) is 1. The Balaban J connectivity index is 1.52. The standard InChI is InChI=1S/C25H30N4O5/c1-25(2,3)21-16-22(28-34-21)26-24(30)23(27-31)19-8-9-20(18-7-5-4-6-17(18)19)33-15-12-29-10-13-32-14-11-29/h4-9,16,31H,10-15H2,1-3H3,(H,26,28,30)/b27-23-. The van der Waals surface area contributed by atoms with E-state index in [0.717, 1.165) is 43.6 Å². The van der Waals surface area contributed by atoms with Crippen LogP contribution in [0.5, 0.6) is 5.75 Å². The number of carbonyl (C=O) groups excluding carboxylic acids is 1. The number of fused-ring (bicyclic) bond motifs is 1. The highest BCUT2D eigenvalue weighted by Gasteiger charge is 2.23. The van der Waals surface area contributed by atoms with E-state index >= 15 is 0 Å². The number of nitrogens with zero attached hydrogens (tertiary/aromatic N) is 3. The van der Waals surface area contributed by atoms with Crippen LogP contribution in [0, 0.1) is 0 Å². The molecule has 180 valence electrons. The monoisotopic (exact) mass is 466 g/mol. The summed E-state index contributed by atoms with van der Waals surface area (Å²) < 4.78 is 16.8. The quantitative estimate of drug-likeness (QED) is 0.311. The Morgan fingerprint density at radius 3 is 2.59 bits per heavy atom. The Morgan fingerprint density at radius 2 is 1.91 bits per heavy atom. The predicted octanol–water partition coefficient (Wildman–Crippen LogP) is 3.65. The molecule has 1 fully saturated rings. The number of carbonyl (C=O) groups is 1. The van der Waals surface area contributed by atoms with E-state index in [-0.39, 0.29) is 16.9 Å². The van der Waals surface area contributed by atoms with Crippen LogP contribution in [0.25, 0.3) is 10.8 Å². The minimum Gasteiger partial charge on any atom is -0.492 e. The second-order valence-corrected chi connectivity index (χ2v) is 9.19. The Morgan fingerprint density at radius 1 is 1.18 bits per heavy atom. The molecule has 9 heteroatoms. The molecule has 2 aromatic carbocycles. The lowest BCUT2D eigenvalue weighted by Crippen LogP contribution is -2.38. The third-order valence-corrected chi connectivity index (χ3v) is 5.71. The molecule has 1 saturated heterocycles. The fourth-order valence-corrected chi connectivity index (χ4v) is 3.80. The number of oxime groups is 1. The lowest BCUT2D eigenvalue weighted by molar-refractivity contribution is -0.110. The number of morpholine rings is 1. The molecule has 2 heterocycles. The third-order valence-electron chi connectivity index (χ3n) is 5.71. The number of rotatable bonds is 7. The molecule has 1 aromatic heterocycles. The van der Waals surface area contributed by atoms with Crippen molar-refractivity contribution in [3.8, 4) is 5.75 Å². The van der Waals surface area contributed by atoms with Crippen LogP contribution >= 0.6 is 0 Å². The van der Waals surface area contributed by atoms with Crippen molar-refractivity contribution in [3.63, 3.8) is 0 Å². The normalized spacial score (nSPS) is 15.4. The first-order valence-electron chi connectivity index (χ1n) is 11.3. The highest BCUT2D eigenvalue weighted by molar-refractivity contribution is 6.50. The summed E-state index contributed by atoms with van der Waals surface area (Å²) in [4.78, 5) is 15.2. The zero-order valence-electron chi connectivity index (χ0n) is 19.7. The van der Waals surface area contributed by atoms with Gasteiger partial charge >= 0.3 is 0 Å². The second-order valence-electron chi connectivity index (χ2n) is 9.19. The van der Waals surface area contributed by atoms with Gasteiger partial charge in [-0.05, 0) is 17.5 Å². The average Bonchev–Trinajstić information content (AvgIpc) is 3.30. The number of anilines is 1. The number of amides is 1. The van der Waals surface area contributed by atoms with Gasteiger partial charge in [0.1, 0.15) is 18.1 Å². The molecular formula is C25H30N4O5. The summed E-state index contributed by atoms with van der Waals surface area (Å²) in [6.07, 6.45) is 0. The zero-order valence-corrected chi connectivity index (χ0v) is 19.7. The molecule has 34 heavy (non-hydrogen) atoms. The van der Waals surface area contributed by atoms with E-state index in [4.69, 9.17) is 14.0 Å². The molecule has 4 rings (SSSR count). The van der Waals surface area contributed by atoms with Crippen LogP contribution in [0.15, 0.2) is 52.1 Å². The maximum atomic E-state index is 12.9. The van der Waals surface area contributed by atoms with Gasteiger partial charge < -0.3 is 24.5 Å². The van der Waals surface area contributed by atoms with Crippen molar-refractivity contribution in [3.05, 3.63) is 53.8 Å². The molecule has 0 saturated carbocycles. The maximum absolute atomic E-state index is 12.9. The van der Waals surface area contributed by atoms with Crippen molar-refractivity contribution in [1.82, 2.24) is 10.1 Å². The van der Waals surface area contributed by atoms with Crippen molar-refractivity contribution < 1.29 is 24.0 Å². The van der Waals surface area contributed by atoms with Crippen LogP contribution in [0.2, 0.25) is 0 Å². The summed E-state index contributed by atoms with van der Waals surface area (Å²) >= 11 is 0. The van der Waals surface area contributed by atoms with E-state index in [1.54, 1.807) is 18.2 Å². The molecular weight excluding hydrogens is 436 g/mol. The maximum Gasteiger partial charge on any atom is 0.279 e. The van der Waals surface area contributed by atoms with Crippen LogP contribution in [-0.2, 0) is 14.9 Å². The Hall–Kier alpha value is -3.43. The average molecular weight is 467 g/mol. The van der Waals surface area contributed by atoms with Crippen LogP contribution in [0.1, 0.15) is 32.1 Å². The number of hydrogen-bond donors (Lipinski definition) is 2. The van der Waals surface area contributed by atoms with E-state index in [9.17, 15) is 10.0 Å². The molecule has 0 bridgehead atoms. The van der Waals surface area contributed by atoms with E-state index in [0.29, 0.717) is 23.7 Å². The van der Waals surface area contributed by atoms with Crippen molar-refractivity contribution >= 4 is 28.2 Å². The Kier molecular flexibility index (Phi) is 7.14. The second kappa shape index (κ2) is 10.2. The summed E-state index contributed by atoms with van der Waals surface area (Å²) in [5.41, 5.74) is 0.101. The predicted molar refractivity (Wildman–Crippen MR) is 129 cm³/mol. The van der Waals surface area contributed by atoms with Gasteiger partial charge in [0.15, 0.2) is 11.5 Å². The highest BCUT2D eigenvalue weighted by atomic mass is 16.5. The molecule has 0 radical (unpaired) electrons. The topological polar surface area (TPSA) is 109 Å². The van der Waals surface area contributed by atoms with Gasteiger partial charge in [-0.15, -0.1) is 0 Å². The molecule has 9 nitrogen and oxygen atoms in total. The fraction of sp³-hybridized carbons (Fsp3) is 0.400. The van der Waals surface area contributed by atoms with E-state index in [1.807, 2.05) is 45.0 Å². The molecule has 2 N–H and O–H groups in total. The summed E-state index contributed by atoms with van der Waals surface area (Å²) in [5.74, 6) is 0.997. The lowest BCUT2D eigenvalue weighted by Gasteiger charge is -2.26. The highest BCUT2D eigenvalue weighted by Crippen LogP contribution is 2.30. The van der Waals surface area contributed by atoms with Crippen molar-refractivity contribution in [2.75, 3.05) is 44.8 Å². The molecule has 0 atom stereocenters. The lowest BCUT2D eigenvalue weighted by atomic mass is 9.93. The Bertz CT molecular complexity index is 1180. The van der Waals surface area contributed by atoms with Crippen LogP contribution < -0.4 is 10.1 Å². The molecule has 3 aromatic rings. The molecule has 1 aliphatic heterocycles. The van der Waals surface area contributed by atoms with E-state index in [1.165, 1.54) is 0 Å². The van der Waals surface area contributed by atoms with Gasteiger partial charge in [-0.3, -0.25) is 9.69 Å². The minimum atomic E-state index is -0.595. The number of hydrogen-bond acceptors (Lipinski definition) is 8. The summed E-state index contributed by atoms with van der Waals surface area (Å²) in [6, 6.07) is 12.7. The van der Waals surface area contributed by atoms with Crippen molar-refractivity contribution in [2.45, 2.75) is 26.2 Å². The fourth-order valence-electron chi connectivity index (χ4n) is 3.80.